The van der Waals surface area contributed by atoms with Crippen molar-refractivity contribution in [3.8, 4) is 5.75 Å². The zero-order chi connectivity index (χ0) is 15.5. The van der Waals surface area contributed by atoms with Crippen molar-refractivity contribution in [1.82, 2.24) is 9.55 Å². The summed E-state index contributed by atoms with van der Waals surface area (Å²) in [5.74, 6) is 0.687. The molecular formula is C16H15N3O2S. The molecule has 0 amide bonds. The number of ether oxygens (including phenoxy) is 1. The lowest BCUT2D eigenvalue weighted by atomic mass is 10.2. The molecule has 0 fully saturated rings. The van der Waals surface area contributed by atoms with E-state index in [1.807, 2.05) is 24.3 Å². The monoisotopic (exact) mass is 313 g/mol. The van der Waals surface area contributed by atoms with Gasteiger partial charge < -0.3 is 9.46 Å². The maximum atomic E-state index is 12.5. The van der Waals surface area contributed by atoms with E-state index in [2.05, 4.69) is 22.5 Å². The Morgan fingerprint density at radius 3 is 2.68 bits per heavy atom. The Bertz CT molecular complexity index is 859. The fourth-order valence-electron chi connectivity index (χ4n) is 2.26. The Kier molecular flexibility index (Phi) is 4.02. The van der Waals surface area contributed by atoms with Gasteiger partial charge in [-0.3, -0.25) is 9.36 Å². The summed E-state index contributed by atoms with van der Waals surface area (Å²) < 4.78 is 9.51. The van der Waals surface area contributed by atoms with Gasteiger partial charge in [0.25, 0.3) is 5.56 Å². The number of nitrogens with one attached hydrogen (secondary N) is 1. The number of rotatable bonds is 4. The second-order valence-corrected chi connectivity index (χ2v) is 5.09. The molecule has 0 saturated carbocycles. The number of benzene rings is 2. The van der Waals surface area contributed by atoms with Gasteiger partial charge in [0.2, 0.25) is 0 Å². The molecule has 5 nitrogen and oxygen atoms in total. The summed E-state index contributed by atoms with van der Waals surface area (Å²) >= 11 is 3.99. The lowest BCUT2D eigenvalue weighted by Crippen LogP contribution is -2.21. The molecule has 0 saturated heterocycles. The van der Waals surface area contributed by atoms with Gasteiger partial charge in [-0.05, 0) is 29.8 Å². The number of hydrogen-bond acceptors (Lipinski definition) is 5. The highest BCUT2D eigenvalue weighted by molar-refractivity contribution is 7.81. The smallest absolute Gasteiger partial charge is 0.261 e. The fourth-order valence-corrected chi connectivity index (χ4v) is 2.41. The number of thiol groups is 1. The first kappa shape index (κ1) is 14.5. The number of nitrogens with zero attached hydrogens (tertiary/aromatic N) is 2. The van der Waals surface area contributed by atoms with Crippen LogP contribution in [0.15, 0.2) is 53.6 Å². The topological polar surface area (TPSA) is 56.1 Å². The van der Waals surface area contributed by atoms with Crippen LogP contribution in [-0.4, -0.2) is 16.7 Å². The van der Waals surface area contributed by atoms with Crippen LogP contribution < -0.4 is 15.0 Å². The van der Waals surface area contributed by atoms with Crippen LogP contribution in [0.25, 0.3) is 10.9 Å². The maximum absolute atomic E-state index is 12.5. The largest absolute Gasteiger partial charge is 0.497 e. The molecule has 112 valence electrons. The first-order valence-electron chi connectivity index (χ1n) is 6.73. The van der Waals surface area contributed by atoms with Crippen molar-refractivity contribution in [2.75, 3.05) is 11.8 Å². The van der Waals surface area contributed by atoms with E-state index in [0.29, 0.717) is 23.2 Å². The van der Waals surface area contributed by atoms with E-state index in [1.54, 1.807) is 36.2 Å². The minimum absolute atomic E-state index is 0.0657. The molecule has 0 atom stereocenters. The molecule has 0 spiro atoms. The van der Waals surface area contributed by atoms with Crippen LogP contribution in [0.4, 0.5) is 5.69 Å². The van der Waals surface area contributed by atoms with Crippen molar-refractivity contribution in [3.63, 3.8) is 0 Å². The average Bonchev–Trinajstić information content (AvgIpc) is 2.57. The van der Waals surface area contributed by atoms with Gasteiger partial charge in [-0.2, -0.15) is 0 Å². The number of methoxy groups -OCH3 is 1. The van der Waals surface area contributed by atoms with Crippen molar-refractivity contribution in [3.05, 3.63) is 64.7 Å². The van der Waals surface area contributed by atoms with Gasteiger partial charge in [-0.1, -0.05) is 24.9 Å². The van der Waals surface area contributed by atoms with Crippen LogP contribution in [0.1, 0.15) is 5.56 Å². The fraction of sp³-hybridized carbons (Fsp3) is 0.125. The van der Waals surface area contributed by atoms with Crippen LogP contribution in [0.3, 0.4) is 0 Å². The second kappa shape index (κ2) is 6.11. The summed E-state index contributed by atoms with van der Waals surface area (Å²) in [4.78, 5) is 16.9. The van der Waals surface area contributed by atoms with E-state index in [9.17, 15) is 4.79 Å². The summed E-state index contributed by atoms with van der Waals surface area (Å²) in [6, 6.07) is 13.0. The molecule has 0 aliphatic rings. The zero-order valence-corrected chi connectivity index (χ0v) is 12.9. The first-order chi connectivity index (χ1) is 10.7. The van der Waals surface area contributed by atoms with Gasteiger partial charge in [0.15, 0.2) is 0 Å². The van der Waals surface area contributed by atoms with E-state index in [1.165, 1.54) is 0 Å². The highest BCUT2D eigenvalue weighted by Crippen LogP contribution is 2.16. The van der Waals surface area contributed by atoms with Gasteiger partial charge in [0.05, 0.1) is 30.9 Å². The van der Waals surface area contributed by atoms with Crippen molar-refractivity contribution in [1.29, 1.82) is 0 Å². The third-order valence-electron chi connectivity index (χ3n) is 3.47. The minimum Gasteiger partial charge on any atom is -0.497 e. The van der Waals surface area contributed by atoms with E-state index in [-0.39, 0.29) is 5.56 Å². The van der Waals surface area contributed by atoms with Crippen LogP contribution >= 0.6 is 12.8 Å². The van der Waals surface area contributed by atoms with Gasteiger partial charge >= 0.3 is 0 Å². The highest BCUT2D eigenvalue weighted by atomic mass is 32.1. The van der Waals surface area contributed by atoms with E-state index >= 15 is 0 Å². The third kappa shape index (κ3) is 2.78. The molecule has 0 bridgehead atoms. The van der Waals surface area contributed by atoms with Crippen LogP contribution in [-0.2, 0) is 6.54 Å². The molecule has 1 aromatic heterocycles. The molecular weight excluding hydrogens is 298 g/mol. The Morgan fingerprint density at radius 2 is 2.00 bits per heavy atom. The van der Waals surface area contributed by atoms with Crippen LogP contribution in [0, 0.1) is 0 Å². The Balaban J connectivity index is 1.97. The molecule has 0 unspecified atom stereocenters. The van der Waals surface area contributed by atoms with Gasteiger partial charge in [0.1, 0.15) is 5.75 Å². The van der Waals surface area contributed by atoms with Crippen LogP contribution in [0.2, 0.25) is 0 Å². The number of aromatic nitrogens is 2. The summed E-state index contributed by atoms with van der Waals surface area (Å²) in [6.45, 7) is 0.473. The molecule has 1 heterocycles. The summed E-state index contributed by atoms with van der Waals surface area (Å²) in [7, 11) is 1.59. The average molecular weight is 313 g/mol. The van der Waals surface area contributed by atoms with Crippen molar-refractivity contribution >= 4 is 29.4 Å². The predicted octanol–water partition coefficient (Wildman–Crippen LogP) is 2.71. The molecule has 22 heavy (non-hydrogen) atoms. The minimum atomic E-state index is -0.0657. The molecule has 3 rings (SSSR count). The molecule has 0 aliphatic carbocycles. The number of fused-ring (bicyclic) bond motifs is 1. The first-order valence-corrected chi connectivity index (χ1v) is 7.18. The molecule has 0 aliphatic heterocycles. The SMILES string of the molecule is COc1ccc2c(=O)n(Cc3ccc(NS)cc3)cnc2c1. The molecule has 1 N–H and O–H groups in total. The summed E-state index contributed by atoms with van der Waals surface area (Å²) in [5, 5.41) is 0.581. The summed E-state index contributed by atoms with van der Waals surface area (Å²) in [6.07, 6.45) is 1.56. The second-order valence-electron chi connectivity index (χ2n) is 4.87. The molecule has 2 aromatic carbocycles. The molecule has 0 radical (unpaired) electrons. The van der Waals surface area contributed by atoms with E-state index < -0.39 is 0 Å². The van der Waals surface area contributed by atoms with Crippen molar-refractivity contribution in [2.24, 2.45) is 0 Å². The number of anilines is 1. The standard InChI is InChI=1S/C16H15N3O2S/c1-21-13-6-7-14-15(8-13)17-10-19(16(14)20)9-11-2-4-12(18-22)5-3-11/h2-8,10,18,22H,9H2,1H3. The molecule has 6 heteroatoms. The quantitative estimate of drug-likeness (QED) is 0.727. The van der Waals surface area contributed by atoms with E-state index in [4.69, 9.17) is 4.74 Å². The molecule has 3 aromatic rings. The lowest BCUT2D eigenvalue weighted by molar-refractivity contribution is 0.415. The Hall–Kier alpha value is -2.47. The predicted molar refractivity (Wildman–Crippen MR) is 90.7 cm³/mol. The highest BCUT2D eigenvalue weighted by Gasteiger charge is 2.06. The zero-order valence-electron chi connectivity index (χ0n) is 12.0. The Labute approximate surface area is 133 Å². The lowest BCUT2D eigenvalue weighted by Gasteiger charge is -2.08. The normalized spacial score (nSPS) is 10.6. The Morgan fingerprint density at radius 1 is 1.23 bits per heavy atom. The number of hydrogen-bond donors (Lipinski definition) is 2. The van der Waals surface area contributed by atoms with Gasteiger partial charge in [-0.25, -0.2) is 4.98 Å². The van der Waals surface area contributed by atoms with Crippen molar-refractivity contribution < 1.29 is 4.74 Å². The van der Waals surface area contributed by atoms with Crippen LogP contribution in [0.5, 0.6) is 5.75 Å². The van der Waals surface area contributed by atoms with Crippen molar-refractivity contribution in [2.45, 2.75) is 6.54 Å². The maximum Gasteiger partial charge on any atom is 0.261 e. The summed E-state index contributed by atoms with van der Waals surface area (Å²) in [5.41, 5.74) is 2.49. The van der Waals surface area contributed by atoms with Gasteiger partial charge in [-0.15, -0.1) is 0 Å². The third-order valence-corrected chi connectivity index (χ3v) is 3.73. The van der Waals surface area contributed by atoms with E-state index in [0.717, 1.165) is 11.3 Å². The van der Waals surface area contributed by atoms with Gasteiger partial charge in [0, 0.05) is 11.8 Å².